The summed E-state index contributed by atoms with van der Waals surface area (Å²) in [5.41, 5.74) is 0. The molecule has 0 aromatic rings. The standard InChI is InChI=1S/C28H38Si.2ClH.Ti/c1-29(2,27-17-9-7-15-25(27)23-13-5-3-11-21(23)19-27)28-18-10-8-16-26(28)24-14-6-4-12-22(24)20-28;;;/h3-6,11-14,19-26H,7-10,15-18H2,1-2H3;2*1H;/q-2;;;+4/p-2. The van der Waals surface area contributed by atoms with Crippen LogP contribution in [0, 0.1) is 48.3 Å². The molecule has 0 heterocycles. The summed E-state index contributed by atoms with van der Waals surface area (Å²) in [6.45, 7) is 5.71. The molecule has 0 aromatic carbocycles. The average molecular weight is 521 g/mol. The first-order valence-electron chi connectivity index (χ1n) is 12.5. The summed E-state index contributed by atoms with van der Waals surface area (Å²) in [5.74, 6) is 4.79. The number of hydrogen-bond donors (Lipinski definition) is 0. The van der Waals surface area contributed by atoms with Gasteiger partial charge >= 0.3 is 21.7 Å². The molecular weight excluding hydrogens is 483 g/mol. The van der Waals surface area contributed by atoms with Crippen molar-refractivity contribution in [3.05, 3.63) is 61.4 Å². The predicted octanol–water partition coefficient (Wildman–Crippen LogP) is 1.71. The number of fused-ring (bicyclic) bond motifs is 6. The molecule has 6 aliphatic carbocycles. The summed E-state index contributed by atoms with van der Waals surface area (Å²) in [6, 6.07) is 0. The van der Waals surface area contributed by atoms with Crippen LogP contribution in [-0.2, 0) is 21.7 Å². The molecule has 0 bridgehead atoms. The van der Waals surface area contributed by atoms with Crippen molar-refractivity contribution in [2.45, 2.75) is 74.5 Å². The van der Waals surface area contributed by atoms with Crippen LogP contribution in [-0.4, -0.2) is 8.07 Å². The minimum atomic E-state index is -1.63. The molecule has 172 valence electrons. The van der Waals surface area contributed by atoms with E-state index in [0.717, 1.165) is 23.7 Å². The van der Waals surface area contributed by atoms with E-state index in [0.29, 0.717) is 21.9 Å². The maximum atomic E-state index is 2.95. The summed E-state index contributed by atoms with van der Waals surface area (Å²) in [6.07, 6.45) is 37.3. The molecule has 4 fully saturated rings. The molecule has 6 rings (SSSR count). The monoisotopic (exact) mass is 520 g/mol. The van der Waals surface area contributed by atoms with Crippen LogP contribution >= 0.6 is 0 Å². The van der Waals surface area contributed by atoms with Gasteiger partial charge in [0.05, 0.1) is 0 Å². The van der Waals surface area contributed by atoms with E-state index in [1.807, 2.05) is 0 Å². The van der Waals surface area contributed by atoms with Crippen molar-refractivity contribution in [2.75, 3.05) is 0 Å². The number of hydrogen-bond acceptors (Lipinski definition) is 0. The minimum Gasteiger partial charge on any atom is -1.00 e. The summed E-state index contributed by atoms with van der Waals surface area (Å²) in [4.78, 5) is 0. The summed E-state index contributed by atoms with van der Waals surface area (Å²) < 4.78 is 0. The van der Waals surface area contributed by atoms with Crippen LogP contribution in [0.25, 0.3) is 0 Å². The van der Waals surface area contributed by atoms with E-state index in [1.54, 1.807) is 0 Å². The van der Waals surface area contributed by atoms with E-state index in [4.69, 9.17) is 0 Å². The molecule has 0 spiro atoms. The van der Waals surface area contributed by atoms with Crippen molar-refractivity contribution >= 4 is 8.07 Å². The van der Waals surface area contributed by atoms with Gasteiger partial charge in [-0.1, -0.05) is 113 Å². The molecule has 6 aliphatic rings. The van der Waals surface area contributed by atoms with Gasteiger partial charge in [0.1, 0.15) is 0 Å². The topological polar surface area (TPSA) is 0 Å². The molecule has 32 heavy (non-hydrogen) atoms. The normalized spacial score (nSPS) is 45.4. The second-order valence-electron chi connectivity index (χ2n) is 11.6. The van der Waals surface area contributed by atoms with Gasteiger partial charge in [-0.3, -0.25) is 0 Å². The number of allylic oxidation sites excluding steroid dienone is 8. The molecule has 8 unspecified atom stereocenters. The van der Waals surface area contributed by atoms with E-state index in [9.17, 15) is 0 Å². The van der Waals surface area contributed by atoms with Crippen molar-refractivity contribution in [3.8, 4) is 0 Å². The van der Waals surface area contributed by atoms with Crippen molar-refractivity contribution in [1.29, 1.82) is 0 Å². The first-order chi connectivity index (χ1) is 14.1. The Labute approximate surface area is 224 Å². The zero-order valence-corrected chi connectivity index (χ0v) is 23.7. The van der Waals surface area contributed by atoms with E-state index in [2.05, 4.69) is 74.5 Å². The van der Waals surface area contributed by atoms with Crippen LogP contribution in [0.1, 0.15) is 51.4 Å². The first-order valence-corrected chi connectivity index (χ1v) is 15.5. The number of halogens is 2. The Kier molecular flexibility index (Phi) is 8.33. The van der Waals surface area contributed by atoms with Gasteiger partial charge in [0.25, 0.3) is 0 Å². The molecule has 8 atom stereocenters. The fourth-order valence-corrected chi connectivity index (χ4v) is 15.7. The van der Waals surface area contributed by atoms with Crippen LogP contribution in [0.15, 0.2) is 48.6 Å². The molecule has 0 N–H and O–H groups in total. The molecule has 0 saturated heterocycles. The maximum absolute atomic E-state index is 2.95. The third-order valence-corrected chi connectivity index (χ3v) is 16.9. The minimum absolute atomic E-state index is 0. The molecular formula is C28H38Cl2SiTi. The van der Waals surface area contributed by atoms with Gasteiger partial charge in [-0.2, -0.15) is 10.1 Å². The van der Waals surface area contributed by atoms with E-state index < -0.39 is 8.07 Å². The fraction of sp³-hybridized carbons (Fsp3) is 0.643. The average Bonchev–Trinajstić information content (AvgIpc) is 3.29. The molecule has 0 radical (unpaired) electrons. The number of rotatable bonds is 2. The predicted molar refractivity (Wildman–Crippen MR) is 126 cm³/mol. The van der Waals surface area contributed by atoms with Gasteiger partial charge < -0.3 is 37.7 Å². The first kappa shape index (κ1) is 27.1. The molecule has 0 aromatic heterocycles. The Morgan fingerprint density at radius 3 is 1.50 bits per heavy atom. The van der Waals surface area contributed by atoms with Crippen LogP contribution < -0.4 is 24.8 Å². The zero-order valence-electron chi connectivity index (χ0n) is 19.7. The van der Waals surface area contributed by atoms with Gasteiger partial charge in [0, 0.05) is 8.07 Å². The summed E-state index contributed by atoms with van der Waals surface area (Å²) >= 11 is 0. The van der Waals surface area contributed by atoms with Crippen molar-refractivity contribution in [3.63, 3.8) is 0 Å². The van der Waals surface area contributed by atoms with Gasteiger partial charge in [-0.25, -0.2) is 0 Å². The second-order valence-corrected chi connectivity index (χ2v) is 16.7. The molecule has 0 aliphatic heterocycles. The maximum Gasteiger partial charge on any atom is 4.00 e. The Balaban J connectivity index is 0.000000963. The van der Waals surface area contributed by atoms with E-state index in [1.165, 1.54) is 51.4 Å². The smallest absolute Gasteiger partial charge is 1.00 e. The van der Waals surface area contributed by atoms with Gasteiger partial charge in [-0.05, 0) is 11.8 Å². The molecule has 4 heteroatoms. The molecule has 0 amide bonds. The Morgan fingerprint density at radius 2 is 1.06 bits per heavy atom. The Bertz CT molecular complexity index is 737. The Morgan fingerprint density at radius 1 is 0.656 bits per heavy atom. The third kappa shape index (κ3) is 3.54. The van der Waals surface area contributed by atoms with Gasteiger partial charge in [0.2, 0.25) is 0 Å². The van der Waals surface area contributed by atoms with Gasteiger partial charge in [-0.15, -0.1) is 24.0 Å². The summed E-state index contributed by atoms with van der Waals surface area (Å²) in [7, 11) is -1.63. The summed E-state index contributed by atoms with van der Waals surface area (Å²) in [5, 5.41) is 1.07. The van der Waals surface area contributed by atoms with Crippen molar-refractivity contribution < 1.29 is 46.5 Å². The van der Waals surface area contributed by atoms with Crippen LogP contribution in [0.2, 0.25) is 23.2 Å². The fourth-order valence-electron chi connectivity index (χ4n) is 9.44. The largest absolute Gasteiger partial charge is 4.00 e. The molecule has 4 saturated carbocycles. The quantitative estimate of drug-likeness (QED) is 0.384. The van der Waals surface area contributed by atoms with Crippen molar-refractivity contribution in [1.82, 2.24) is 0 Å². The zero-order chi connectivity index (χ0) is 19.7. The Hall–Kier alpha value is 0.471. The SMILES string of the molecule is C[Si](C)(C12[CH-]C3C=CC=CC3C1CCCC2)C12[CH-]C3C=CC=CC3C1CCCC2.[Cl-].[Cl-].[Ti+4]. The van der Waals surface area contributed by atoms with E-state index in [-0.39, 0.29) is 46.5 Å². The van der Waals surface area contributed by atoms with Crippen LogP contribution in [0.3, 0.4) is 0 Å². The second kappa shape index (κ2) is 9.85. The van der Waals surface area contributed by atoms with Crippen molar-refractivity contribution in [2.24, 2.45) is 35.5 Å². The molecule has 0 nitrogen and oxygen atoms in total. The van der Waals surface area contributed by atoms with Gasteiger partial charge in [0.15, 0.2) is 0 Å². The van der Waals surface area contributed by atoms with E-state index >= 15 is 0 Å². The van der Waals surface area contributed by atoms with Crippen LogP contribution in [0.4, 0.5) is 0 Å². The van der Waals surface area contributed by atoms with Crippen LogP contribution in [0.5, 0.6) is 0 Å². The third-order valence-electron chi connectivity index (χ3n) is 10.7.